The highest BCUT2D eigenvalue weighted by atomic mass is 16.7. The third kappa shape index (κ3) is 3.27. The molecule has 2 fully saturated rings. The van der Waals surface area contributed by atoms with Crippen LogP contribution >= 0.6 is 0 Å². The summed E-state index contributed by atoms with van der Waals surface area (Å²) >= 11 is 0. The van der Waals surface area contributed by atoms with Crippen LogP contribution in [0.15, 0.2) is 42.6 Å². The Morgan fingerprint density at radius 3 is 2.54 bits per heavy atom. The zero-order valence-electron chi connectivity index (χ0n) is 16.0. The van der Waals surface area contributed by atoms with Gasteiger partial charge in [-0.2, -0.15) is 0 Å². The van der Waals surface area contributed by atoms with E-state index >= 15 is 0 Å². The first-order valence-corrected chi connectivity index (χ1v) is 10.1. The number of anilines is 1. The first kappa shape index (κ1) is 17.6. The van der Waals surface area contributed by atoms with Crippen LogP contribution in [-0.2, 0) is 22.4 Å². The van der Waals surface area contributed by atoms with Gasteiger partial charge in [0.2, 0.25) is 0 Å². The summed E-state index contributed by atoms with van der Waals surface area (Å²) in [4.78, 5) is 21.7. The molecule has 0 radical (unpaired) electrons. The average molecular weight is 379 g/mol. The summed E-state index contributed by atoms with van der Waals surface area (Å²) in [7, 11) is 0. The van der Waals surface area contributed by atoms with Crippen LogP contribution in [0.5, 0.6) is 0 Å². The zero-order valence-corrected chi connectivity index (χ0v) is 16.0. The summed E-state index contributed by atoms with van der Waals surface area (Å²) in [6.07, 6.45) is 4.22. The molecule has 2 aromatic rings. The van der Waals surface area contributed by atoms with Crippen LogP contribution in [0.1, 0.15) is 34.3 Å². The van der Waals surface area contributed by atoms with Crippen molar-refractivity contribution in [1.82, 2.24) is 9.88 Å². The van der Waals surface area contributed by atoms with E-state index in [1.165, 1.54) is 11.1 Å². The molecule has 1 amide bonds. The van der Waals surface area contributed by atoms with Gasteiger partial charge in [0, 0.05) is 50.8 Å². The van der Waals surface area contributed by atoms with E-state index in [1.807, 2.05) is 17.0 Å². The molecule has 3 aliphatic rings. The molecule has 1 aromatic carbocycles. The van der Waals surface area contributed by atoms with E-state index < -0.39 is 5.79 Å². The lowest BCUT2D eigenvalue weighted by Crippen LogP contribution is -2.47. The largest absolute Gasteiger partial charge is 0.352 e. The highest BCUT2D eigenvalue weighted by Crippen LogP contribution is 2.32. The van der Waals surface area contributed by atoms with Gasteiger partial charge in [-0.15, -0.1) is 0 Å². The molecule has 0 atom stereocenters. The molecule has 0 unspecified atom stereocenters. The maximum Gasteiger partial charge on any atom is 0.254 e. The highest BCUT2D eigenvalue weighted by Gasteiger charge is 2.40. The van der Waals surface area contributed by atoms with E-state index in [0.717, 1.165) is 38.2 Å². The van der Waals surface area contributed by atoms with Gasteiger partial charge in [-0.25, -0.2) is 4.98 Å². The standard InChI is InChI=1S/C22H25N3O3/c26-21(24-11-7-22(8-12-24)27-13-14-28-22)18-5-9-23-20(15-18)25-10-6-17-3-1-2-4-19(17)16-25/h1-5,9,15H,6-8,10-14,16H2. The van der Waals surface area contributed by atoms with Crippen molar-refractivity contribution in [2.24, 2.45) is 0 Å². The molecule has 146 valence electrons. The van der Waals surface area contributed by atoms with E-state index in [9.17, 15) is 4.79 Å². The molecule has 2 saturated heterocycles. The van der Waals surface area contributed by atoms with E-state index in [0.29, 0.717) is 31.9 Å². The summed E-state index contributed by atoms with van der Waals surface area (Å²) in [6, 6.07) is 12.3. The Hall–Kier alpha value is -2.44. The summed E-state index contributed by atoms with van der Waals surface area (Å²) < 4.78 is 11.5. The predicted octanol–water partition coefficient (Wildman–Crippen LogP) is 2.62. The Kier molecular flexibility index (Phi) is 4.53. The number of rotatable bonds is 2. The second-order valence-corrected chi connectivity index (χ2v) is 7.74. The van der Waals surface area contributed by atoms with Crippen molar-refractivity contribution >= 4 is 11.7 Å². The molecule has 0 bridgehead atoms. The fourth-order valence-electron chi connectivity index (χ4n) is 4.43. The van der Waals surface area contributed by atoms with Crippen molar-refractivity contribution in [3.63, 3.8) is 0 Å². The number of carbonyl (C=O) groups excluding carboxylic acids is 1. The van der Waals surface area contributed by atoms with E-state index in [2.05, 4.69) is 34.1 Å². The third-order valence-electron chi connectivity index (χ3n) is 6.07. The topological polar surface area (TPSA) is 54.9 Å². The van der Waals surface area contributed by atoms with Crippen molar-refractivity contribution in [2.45, 2.75) is 31.6 Å². The van der Waals surface area contributed by atoms with E-state index in [-0.39, 0.29) is 5.91 Å². The minimum absolute atomic E-state index is 0.0638. The number of carbonyl (C=O) groups is 1. The van der Waals surface area contributed by atoms with Crippen LogP contribution in [0, 0.1) is 0 Å². The summed E-state index contributed by atoms with van der Waals surface area (Å²) in [5, 5.41) is 0. The number of hydrogen-bond donors (Lipinski definition) is 0. The lowest BCUT2D eigenvalue weighted by molar-refractivity contribution is -0.181. The fraction of sp³-hybridized carbons (Fsp3) is 0.455. The van der Waals surface area contributed by atoms with Crippen LogP contribution in [0.3, 0.4) is 0 Å². The van der Waals surface area contributed by atoms with Gasteiger partial charge < -0.3 is 19.3 Å². The molecule has 4 heterocycles. The van der Waals surface area contributed by atoms with Gasteiger partial charge in [-0.1, -0.05) is 24.3 Å². The number of hydrogen-bond acceptors (Lipinski definition) is 5. The molecular weight excluding hydrogens is 354 g/mol. The molecule has 28 heavy (non-hydrogen) atoms. The number of likely N-dealkylation sites (tertiary alicyclic amines) is 1. The number of amides is 1. The van der Waals surface area contributed by atoms with Gasteiger partial charge in [-0.05, 0) is 29.7 Å². The Bertz CT molecular complexity index is 869. The van der Waals surface area contributed by atoms with Crippen LogP contribution in [0.2, 0.25) is 0 Å². The summed E-state index contributed by atoms with van der Waals surface area (Å²) in [5.74, 6) is 0.478. The van der Waals surface area contributed by atoms with Gasteiger partial charge >= 0.3 is 0 Å². The zero-order chi connectivity index (χ0) is 19.0. The molecule has 1 aromatic heterocycles. The average Bonchev–Trinajstić information content (AvgIpc) is 3.21. The van der Waals surface area contributed by atoms with E-state index in [4.69, 9.17) is 9.47 Å². The van der Waals surface area contributed by atoms with Crippen molar-refractivity contribution < 1.29 is 14.3 Å². The van der Waals surface area contributed by atoms with Crippen molar-refractivity contribution in [3.05, 3.63) is 59.3 Å². The lowest BCUT2D eigenvalue weighted by Gasteiger charge is -2.37. The Labute approximate surface area is 165 Å². The van der Waals surface area contributed by atoms with Crippen LogP contribution in [0.4, 0.5) is 5.82 Å². The summed E-state index contributed by atoms with van der Waals surface area (Å²) in [5.41, 5.74) is 3.45. The smallest absolute Gasteiger partial charge is 0.254 e. The molecule has 0 saturated carbocycles. The number of aromatic nitrogens is 1. The number of ether oxygens (including phenoxy) is 2. The summed E-state index contributed by atoms with van der Waals surface area (Å²) in [6.45, 7) is 4.38. The minimum atomic E-state index is -0.457. The van der Waals surface area contributed by atoms with Crippen LogP contribution in [0.25, 0.3) is 0 Å². The maximum atomic E-state index is 13.0. The second kappa shape index (κ2) is 7.18. The van der Waals surface area contributed by atoms with Gasteiger partial charge in [0.1, 0.15) is 5.82 Å². The number of benzene rings is 1. The third-order valence-corrected chi connectivity index (χ3v) is 6.07. The number of pyridine rings is 1. The number of nitrogens with zero attached hydrogens (tertiary/aromatic N) is 3. The van der Waals surface area contributed by atoms with Gasteiger partial charge in [0.15, 0.2) is 5.79 Å². The lowest BCUT2D eigenvalue weighted by atomic mass is 10.00. The number of piperidine rings is 1. The Morgan fingerprint density at radius 1 is 1.00 bits per heavy atom. The second-order valence-electron chi connectivity index (χ2n) is 7.74. The molecule has 6 nitrogen and oxygen atoms in total. The Balaban J connectivity index is 1.29. The van der Waals surface area contributed by atoms with Crippen LogP contribution in [-0.4, -0.2) is 54.4 Å². The van der Waals surface area contributed by atoms with E-state index in [1.54, 1.807) is 6.20 Å². The van der Waals surface area contributed by atoms with Crippen molar-refractivity contribution in [1.29, 1.82) is 0 Å². The highest BCUT2D eigenvalue weighted by molar-refractivity contribution is 5.95. The molecule has 0 N–H and O–H groups in total. The molecule has 6 heteroatoms. The van der Waals surface area contributed by atoms with Crippen LogP contribution < -0.4 is 4.90 Å². The van der Waals surface area contributed by atoms with Gasteiger partial charge in [0.25, 0.3) is 5.91 Å². The van der Waals surface area contributed by atoms with Gasteiger partial charge in [-0.3, -0.25) is 4.79 Å². The molecule has 0 aliphatic carbocycles. The van der Waals surface area contributed by atoms with Crippen molar-refractivity contribution in [3.8, 4) is 0 Å². The first-order chi connectivity index (χ1) is 13.7. The maximum absolute atomic E-state index is 13.0. The SMILES string of the molecule is O=C(c1ccnc(N2CCc3ccccc3C2)c1)N1CCC2(CC1)OCCO2. The first-order valence-electron chi connectivity index (χ1n) is 10.1. The molecular formula is C22H25N3O3. The number of fused-ring (bicyclic) bond motifs is 1. The quantitative estimate of drug-likeness (QED) is 0.803. The Morgan fingerprint density at radius 2 is 1.75 bits per heavy atom. The molecule has 1 spiro atoms. The fourth-order valence-corrected chi connectivity index (χ4v) is 4.43. The predicted molar refractivity (Wildman–Crippen MR) is 105 cm³/mol. The van der Waals surface area contributed by atoms with Gasteiger partial charge in [0.05, 0.1) is 13.2 Å². The minimum Gasteiger partial charge on any atom is -0.352 e. The molecule has 5 rings (SSSR count). The van der Waals surface area contributed by atoms with Crippen molar-refractivity contribution in [2.75, 3.05) is 37.7 Å². The normalized spacial score (nSPS) is 21.0. The monoisotopic (exact) mass is 379 g/mol. The molecule has 3 aliphatic heterocycles.